The fourth-order valence-electron chi connectivity index (χ4n) is 1.21. The molecule has 15 heavy (non-hydrogen) atoms. The van der Waals surface area contributed by atoms with Crippen LogP contribution < -0.4 is 0 Å². The molecule has 0 amide bonds. The van der Waals surface area contributed by atoms with Gasteiger partial charge in [0.05, 0.1) is 6.61 Å². The maximum absolute atomic E-state index is 11.7. The number of aromatic nitrogens is 3. The molecular formula is C9H15F2N3O. The molecule has 1 aromatic heterocycles. The lowest BCUT2D eigenvalue weighted by molar-refractivity contribution is 0.0180. The zero-order valence-corrected chi connectivity index (χ0v) is 8.86. The molecule has 0 saturated heterocycles. The maximum atomic E-state index is 11.7. The van der Waals surface area contributed by atoms with Crippen LogP contribution >= 0.6 is 0 Å². The zero-order valence-electron chi connectivity index (χ0n) is 8.86. The lowest BCUT2D eigenvalue weighted by Gasteiger charge is -2.09. The van der Waals surface area contributed by atoms with Crippen molar-refractivity contribution in [2.45, 2.75) is 32.7 Å². The van der Waals surface area contributed by atoms with Crippen molar-refractivity contribution in [1.82, 2.24) is 14.8 Å². The lowest BCUT2D eigenvalue weighted by atomic mass is 10.3. The molecule has 0 unspecified atom stereocenters. The molecule has 0 spiro atoms. The van der Waals surface area contributed by atoms with Gasteiger partial charge in [-0.3, -0.25) is 0 Å². The van der Waals surface area contributed by atoms with Crippen molar-refractivity contribution in [1.29, 1.82) is 0 Å². The average Bonchev–Trinajstić information content (AvgIpc) is 2.60. The maximum Gasteiger partial charge on any atom is 0.261 e. The highest BCUT2D eigenvalue weighted by atomic mass is 19.3. The number of rotatable bonds is 6. The Morgan fingerprint density at radius 3 is 2.80 bits per heavy atom. The highest BCUT2D eigenvalue weighted by molar-refractivity contribution is 4.87. The van der Waals surface area contributed by atoms with Crippen molar-refractivity contribution in [3.05, 3.63) is 12.2 Å². The van der Waals surface area contributed by atoms with E-state index in [9.17, 15) is 8.78 Å². The number of hydrogen-bond acceptors (Lipinski definition) is 3. The van der Waals surface area contributed by atoms with Gasteiger partial charge < -0.3 is 9.30 Å². The standard InChI is InChI=1S/C9H15F2N3O/c1-7(2)14-6-12-13-9(14)3-4-15-5-8(10)11/h6-8H,3-5H2,1-2H3. The van der Waals surface area contributed by atoms with E-state index < -0.39 is 13.0 Å². The first-order valence-electron chi connectivity index (χ1n) is 4.85. The van der Waals surface area contributed by atoms with E-state index in [-0.39, 0.29) is 12.6 Å². The number of nitrogens with zero attached hydrogens (tertiary/aromatic N) is 3. The Morgan fingerprint density at radius 1 is 1.47 bits per heavy atom. The Hall–Kier alpha value is -1.04. The van der Waals surface area contributed by atoms with E-state index in [0.29, 0.717) is 6.42 Å². The van der Waals surface area contributed by atoms with Gasteiger partial charge in [0.15, 0.2) is 0 Å². The molecule has 0 fully saturated rings. The molecule has 0 aliphatic heterocycles. The van der Waals surface area contributed by atoms with Crippen LogP contribution in [0.25, 0.3) is 0 Å². The van der Waals surface area contributed by atoms with Crippen LogP contribution in [-0.4, -0.2) is 34.4 Å². The van der Waals surface area contributed by atoms with Crippen molar-refractivity contribution in [3.63, 3.8) is 0 Å². The van der Waals surface area contributed by atoms with Crippen LogP contribution in [0.5, 0.6) is 0 Å². The average molecular weight is 219 g/mol. The summed E-state index contributed by atoms with van der Waals surface area (Å²) in [5.41, 5.74) is 0. The van der Waals surface area contributed by atoms with E-state index in [2.05, 4.69) is 10.2 Å². The van der Waals surface area contributed by atoms with Crippen molar-refractivity contribution in [2.24, 2.45) is 0 Å². The molecule has 0 aliphatic carbocycles. The van der Waals surface area contributed by atoms with E-state index in [1.165, 1.54) is 0 Å². The first-order chi connectivity index (χ1) is 7.11. The Labute approximate surface area is 87.3 Å². The molecule has 1 heterocycles. The normalized spacial score (nSPS) is 11.6. The third-order valence-corrected chi connectivity index (χ3v) is 1.92. The zero-order chi connectivity index (χ0) is 11.3. The Morgan fingerprint density at radius 2 is 2.20 bits per heavy atom. The van der Waals surface area contributed by atoms with E-state index >= 15 is 0 Å². The van der Waals surface area contributed by atoms with E-state index in [1.54, 1.807) is 6.33 Å². The van der Waals surface area contributed by atoms with E-state index in [0.717, 1.165) is 5.82 Å². The van der Waals surface area contributed by atoms with Crippen LogP contribution in [0.1, 0.15) is 25.7 Å². The van der Waals surface area contributed by atoms with Gasteiger partial charge in [-0.25, -0.2) is 8.78 Å². The van der Waals surface area contributed by atoms with Gasteiger partial charge in [0.2, 0.25) is 0 Å². The molecule has 6 heteroatoms. The van der Waals surface area contributed by atoms with Crippen molar-refractivity contribution in [3.8, 4) is 0 Å². The third-order valence-electron chi connectivity index (χ3n) is 1.92. The van der Waals surface area contributed by atoms with E-state index in [1.807, 2.05) is 18.4 Å². The van der Waals surface area contributed by atoms with Gasteiger partial charge in [-0.1, -0.05) is 0 Å². The second-order valence-electron chi connectivity index (χ2n) is 3.46. The fourth-order valence-corrected chi connectivity index (χ4v) is 1.21. The van der Waals surface area contributed by atoms with Crippen molar-refractivity contribution >= 4 is 0 Å². The summed E-state index contributed by atoms with van der Waals surface area (Å²) in [6, 6.07) is 0.269. The monoisotopic (exact) mass is 219 g/mol. The summed E-state index contributed by atoms with van der Waals surface area (Å²) in [5.74, 6) is 0.763. The predicted octanol–water partition coefficient (Wildman–Crippen LogP) is 1.68. The van der Waals surface area contributed by atoms with Crippen LogP contribution in [0.15, 0.2) is 6.33 Å². The van der Waals surface area contributed by atoms with Crippen LogP contribution in [0.4, 0.5) is 8.78 Å². The molecule has 0 saturated carbocycles. The molecule has 0 aromatic carbocycles. The topological polar surface area (TPSA) is 39.9 Å². The summed E-state index contributed by atoms with van der Waals surface area (Å²) < 4.78 is 30.2. The van der Waals surface area contributed by atoms with Crippen molar-refractivity contribution in [2.75, 3.05) is 13.2 Å². The molecule has 1 aromatic rings. The van der Waals surface area contributed by atoms with Gasteiger partial charge >= 0.3 is 0 Å². The second kappa shape index (κ2) is 5.75. The van der Waals surface area contributed by atoms with Gasteiger partial charge in [0.1, 0.15) is 18.8 Å². The molecule has 86 valence electrons. The van der Waals surface area contributed by atoms with Crippen LogP contribution in [-0.2, 0) is 11.2 Å². The predicted molar refractivity (Wildman–Crippen MR) is 50.9 cm³/mol. The molecule has 4 nitrogen and oxygen atoms in total. The quantitative estimate of drug-likeness (QED) is 0.683. The Kier molecular flexibility index (Phi) is 4.61. The summed E-state index contributed by atoms with van der Waals surface area (Å²) in [4.78, 5) is 0. The molecule has 0 radical (unpaired) electrons. The fraction of sp³-hybridized carbons (Fsp3) is 0.778. The van der Waals surface area contributed by atoms with Gasteiger partial charge in [-0.2, -0.15) is 0 Å². The Balaban J connectivity index is 2.34. The first kappa shape index (κ1) is 12.0. The van der Waals surface area contributed by atoms with Crippen molar-refractivity contribution < 1.29 is 13.5 Å². The molecule has 0 N–H and O–H groups in total. The summed E-state index contributed by atoms with van der Waals surface area (Å²) in [6.45, 7) is 3.74. The number of alkyl halides is 2. The minimum absolute atomic E-state index is 0.246. The van der Waals surface area contributed by atoms with Gasteiger partial charge in [0.25, 0.3) is 6.43 Å². The summed E-state index contributed by atoms with van der Waals surface area (Å²) in [7, 11) is 0. The van der Waals surface area contributed by atoms with Crippen LogP contribution in [0.3, 0.4) is 0 Å². The SMILES string of the molecule is CC(C)n1cnnc1CCOCC(F)F. The summed E-state index contributed by atoms with van der Waals surface area (Å²) in [5, 5.41) is 7.67. The molecule has 0 aliphatic rings. The molecule has 0 bridgehead atoms. The highest BCUT2D eigenvalue weighted by Crippen LogP contribution is 2.07. The number of hydrogen-bond donors (Lipinski definition) is 0. The smallest absolute Gasteiger partial charge is 0.261 e. The first-order valence-corrected chi connectivity index (χ1v) is 4.85. The highest BCUT2D eigenvalue weighted by Gasteiger charge is 2.07. The molecular weight excluding hydrogens is 204 g/mol. The van der Waals surface area contributed by atoms with Gasteiger partial charge in [-0.05, 0) is 13.8 Å². The number of ether oxygens (including phenoxy) is 1. The molecule has 0 atom stereocenters. The van der Waals surface area contributed by atoms with Gasteiger partial charge in [-0.15, -0.1) is 10.2 Å². The minimum Gasteiger partial charge on any atom is -0.375 e. The van der Waals surface area contributed by atoms with E-state index in [4.69, 9.17) is 4.74 Å². The minimum atomic E-state index is -2.41. The third kappa shape index (κ3) is 3.91. The summed E-state index contributed by atoms with van der Waals surface area (Å²) in [6.07, 6.45) is -0.272. The molecule has 1 rings (SSSR count). The van der Waals surface area contributed by atoms with Crippen LogP contribution in [0.2, 0.25) is 0 Å². The summed E-state index contributed by atoms with van der Waals surface area (Å²) >= 11 is 0. The second-order valence-corrected chi connectivity index (χ2v) is 3.46. The lowest BCUT2D eigenvalue weighted by Crippen LogP contribution is -2.11. The Bertz CT molecular complexity index is 289. The largest absolute Gasteiger partial charge is 0.375 e. The van der Waals surface area contributed by atoms with Gasteiger partial charge in [0, 0.05) is 12.5 Å². The number of halogens is 2. The van der Waals surface area contributed by atoms with Crippen LogP contribution in [0, 0.1) is 0 Å².